The lowest BCUT2D eigenvalue weighted by Gasteiger charge is -2.19. The van der Waals surface area contributed by atoms with Gasteiger partial charge in [0.1, 0.15) is 11.0 Å². The van der Waals surface area contributed by atoms with Gasteiger partial charge in [0.2, 0.25) is 5.91 Å². The highest BCUT2D eigenvalue weighted by Crippen LogP contribution is 2.20. The molecule has 0 radical (unpaired) electrons. The summed E-state index contributed by atoms with van der Waals surface area (Å²) in [5.41, 5.74) is 0.647. The third-order valence-corrected chi connectivity index (χ3v) is 6.00. The van der Waals surface area contributed by atoms with E-state index in [0.717, 1.165) is 0 Å². The van der Waals surface area contributed by atoms with Crippen molar-refractivity contribution in [2.45, 2.75) is 50.8 Å². The van der Waals surface area contributed by atoms with Crippen molar-refractivity contribution in [2.75, 3.05) is 0 Å². The molecule has 0 bridgehead atoms. The minimum Gasteiger partial charge on any atom is -0.435 e. The van der Waals surface area contributed by atoms with Gasteiger partial charge >= 0.3 is 6.61 Å². The van der Waals surface area contributed by atoms with Crippen molar-refractivity contribution >= 4 is 15.7 Å². The quantitative estimate of drug-likeness (QED) is 0.821. The van der Waals surface area contributed by atoms with Gasteiger partial charge < -0.3 is 10.1 Å². The Kier molecular flexibility index (Phi) is 6.49. The SMILES string of the molecule is CC(C)S(=O)(=O)[C@H](C)C(=O)N[C@@H](C)c1ccc(OC(F)F)cc1. The normalized spacial score (nSPS) is 14.6. The molecular weight excluding hydrogens is 328 g/mol. The van der Waals surface area contributed by atoms with Gasteiger partial charge in [0, 0.05) is 0 Å². The molecule has 0 saturated heterocycles. The number of alkyl halides is 2. The van der Waals surface area contributed by atoms with Gasteiger partial charge in [-0.3, -0.25) is 4.79 Å². The van der Waals surface area contributed by atoms with Crippen LogP contribution in [0.25, 0.3) is 0 Å². The molecule has 0 spiro atoms. The van der Waals surface area contributed by atoms with Crippen LogP contribution in [0, 0.1) is 0 Å². The molecule has 5 nitrogen and oxygen atoms in total. The van der Waals surface area contributed by atoms with Crippen molar-refractivity contribution in [3.8, 4) is 5.75 Å². The van der Waals surface area contributed by atoms with Gasteiger partial charge in [-0.05, 0) is 45.4 Å². The van der Waals surface area contributed by atoms with Crippen LogP contribution in [-0.2, 0) is 14.6 Å². The van der Waals surface area contributed by atoms with Gasteiger partial charge in [-0.1, -0.05) is 12.1 Å². The summed E-state index contributed by atoms with van der Waals surface area (Å²) >= 11 is 0. The molecule has 2 atom stereocenters. The van der Waals surface area contributed by atoms with E-state index in [9.17, 15) is 22.0 Å². The van der Waals surface area contributed by atoms with Crippen molar-refractivity contribution < 1.29 is 26.7 Å². The zero-order valence-corrected chi connectivity index (χ0v) is 14.2. The first kappa shape index (κ1) is 19.3. The second-order valence-corrected chi connectivity index (χ2v) is 8.29. The van der Waals surface area contributed by atoms with Crippen molar-refractivity contribution in [3.05, 3.63) is 29.8 Å². The average Bonchev–Trinajstić information content (AvgIpc) is 2.46. The first-order valence-electron chi connectivity index (χ1n) is 7.13. The van der Waals surface area contributed by atoms with E-state index < -0.39 is 38.9 Å². The Bertz CT molecular complexity index is 629. The van der Waals surface area contributed by atoms with Crippen LogP contribution in [0.2, 0.25) is 0 Å². The maximum Gasteiger partial charge on any atom is 0.387 e. The topological polar surface area (TPSA) is 72.5 Å². The predicted molar refractivity (Wildman–Crippen MR) is 83.1 cm³/mol. The Hall–Kier alpha value is -1.70. The fourth-order valence-corrected chi connectivity index (χ4v) is 3.09. The number of carbonyl (C=O) groups excluding carboxylic acids is 1. The highest BCUT2D eigenvalue weighted by atomic mass is 32.2. The molecule has 0 aromatic heterocycles. The van der Waals surface area contributed by atoms with Crippen LogP contribution in [0.4, 0.5) is 8.78 Å². The molecule has 0 fully saturated rings. The lowest BCUT2D eigenvalue weighted by Crippen LogP contribution is -2.41. The van der Waals surface area contributed by atoms with E-state index in [1.54, 1.807) is 6.92 Å². The maximum atomic E-state index is 12.1. The van der Waals surface area contributed by atoms with E-state index in [2.05, 4.69) is 10.1 Å². The fourth-order valence-electron chi connectivity index (χ4n) is 1.91. The summed E-state index contributed by atoms with van der Waals surface area (Å²) in [6.45, 7) is 3.15. The average molecular weight is 349 g/mol. The molecular formula is C15H21F2NO4S. The highest BCUT2D eigenvalue weighted by molar-refractivity contribution is 7.93. The maximum absolute atomic E-state index is 12.1. The summed E-state index contributed by atoms with van der Waals surface area (Å²) in [7, 11) is -3.54. The number of amides is 1. The molecule has 130 valence electrons. The van der Waals surface area contributed by atoms with Crippen molar-refractivity contribution in [1.82, 2.24) is 5.32 Å². The van der Waals surface area contributed by atoms with Gasteiger partial charge in [0.25, 0.3) is 0 Å². The van der Waals surface area contributed by atoms with Gasteiger partial charge in [-0.2, -0.15) is 8.78 Å². The van der Waals surface area contributed by atoms with Crippen LogP contribution in [0.3, 0.4) is 0 Å². The zero-order valence-electron chi connectivity index (χ0n) is 13.4. The van der Waals surface area contributed by atoms with E-state index in [0.29, 0.717) is 5.56 Å². The van der Waals surface area contributed by atoms with Crippen LogP contribution in [0.15, 0.2) is 24.3 Å². The summed E-state index contributed by atoms with van der Waals surface area (Å²) in [6, 6.07) is 5.32. The number of nitrogens with one attached hydrogen (secondary N) is 1. The molecule has 0 saturated carbocycles. The molecule has 23 heavy (non-hydrogen) atoms. The van der Waals surface area contributed by atoms with Crippen molar-refractivity contribution in [2.24, 2.45) is 0 Å². The molecule has 0 aliphatic heterocycles. The van der Waals surface area contributed by atoms with Crippen LogP contribution < -0.4 is 10.1 Å². The summed E-state index contributed by atoms with van der Waals surface area (Å²) < 4.78 is 52.4. The smallest absolute Gasteiger partial charge is 0.387 e. The summed E-state index contributed by atoms with van der Waals surface area (Å²) in [6.07, 6.45) is 0. The number of hydrogen-bond donors (Lipinski definition) is 1. The first-order valence-corrected chi connectivity index (χ1v) is 8.74. The molecule has 1 aromatic rings. The predicted octanol–water partition coefficient (Wildman–Crippen LogP) is 2.68. The van der Waals surface area contributed by atoms with E-state index in [-0.39, 0.29) is 5.75 Å². The lowest BCUT2D eigenvalue weighted by atomic mass is 10.1. The van der Waals surface area contributed by atoms with E-state index in [1.165, 1.54) is 45.0 Å². The third kappa shape index (κ3) is 5.16. The van der Waals surface area contributed by atoms with Gasteiger partial charge in [0.15, 0.2) is 9.84 Å². The number of halogens is 2. The molecule has 8 heteroatoms. The van der Waals surface area contributed by atoms with Crippen LogP contribution >= 0.6 is 0 Å². The van der Waals surface area contributed by atoms with Crippen LogP contribution in [0.1, 0.15) is 39.3 Å². The Morgan fingerprint density at radius 2 is 1.61 bits per heavy atom. The van der Waals surface area contributed by atoms with E-state index in [1.807, 2.05) is 0 Å². The molecule has 0 aliphatic rings. The lowest BCUT2D eigenvalue weighted by molar-refractivity contribution is -0.121. The first-order chi connectivity index (χ1) is 10.6. The molecule has 1 N–H and O–H groups in total. The molecule has 1 amide bonds. The van der Waals surface area contributed by atoms with Crippen LogP contribution in [0.5, 0.6) is 5.75 Å². The zero-order chi connectivity index (χ0) is 17.8. The Morgan fingerprint density at radius 1 is 1.09 bits per heavy atom. The molecule has 0 heterocycles. The number of ether oxygens (including phenoxy) is 1. The third-order valence-electron chi connectivity index (χ3n) is 3.48. The summed E-state index contributed by atoms with van der Waals surface area (Å²) in [5, 5.41) is 0.801. The van der Waals surface area contributed by atoms with Gasteiger partial charge in [-0.15, -0.1) is 0 Å². The standard InChI is InChI=1S/C15H21F2NO4S/c1-9(2)23(20,21)11(4)14(19)18-10(3)12-5-7-13(8-6-12)22-15(16)17/h5-11,15H,1-4H3,(H,18,19)/t10-,11+/m0/s1. The Morgan fingerprint density at radius 3 is 2.04 bits per heavy atom. The number of rotatable bonds is 7. The van der Waals surface area contributed by atoms with Crippen molar-refractivity contribution in [1.29, 1.82) is 0 Å². The molecule has 1 rings (SSSR count). The number of sulfone groups is 1. The number of hydrogen-bond acceptors (Lipinski definition) is 4. The van der Waals surface area contributed by atoms with E-state index in [4.69, 9.17) is 0 Å². The van der Waals surface area contributed by atoms with Crippen molar-refractivity contribution in [3.63, 3.8) is 0 Å². The van der Waals surface area contributed by atoms with Gasteiger partial charge in [-0.25, -0.2) is 8.42 Å². The second kappa shape index (κ2) is 7.72. The van der Waals surface area contributed by atoms with Gasteiger partial charge in [0.05, 0.1) is 11.3 Å². The fraction of sp³-hybridized carbons (Fsp3) is 0.533. The number of benzene rings is 1. The minimum atomic E-state index is -3.54. The van der Waals surface area contributed by atoms with E-state index >= 15 is 0 Å². The highest BCUT2D eigenvalue weighted by Gasteiger charge is 2.31. The Labute approximate surface area is 134 Å². The monoisotopic (exact) mass is 349 g/mol. The largest absolute Gasteiger partial charge is 0.435 e. The number of carbonyl (C=O) groups is 1. The molecule has 0 aliphatic carbocycles. The minimum absolute atomic E-state index is 0.0121. The van der Waals surface area contributed by atoms with Crippen LogP contribution in [-0.4, -0.2) is 31.4 Å². The molecule has 0 unspecified atom stereocenters. The summed E-state index contributed by atoms with van der Waals surface area (Å²) in [5.74, 6) is -0.586. The Balaban J connectivity index is 2.75. The molecule has 1 aromatic carbocycles. The summed E-state index contributed by atoms with van der Waals surface area (Å²) in [4.78, 5) is 12.1. The second-order valence-electron chi connectivity index (χ2n) is 5.46.